The lowest BCUT2D eigenvalue weighted by molar-refractivity contribution is -0.123. The second-order valence-electron chi connectivity index (χ2n) is 6.06. The van der Waals surface area contributed by atoms with Crippen molar-refractivity contribution < 1.29 is 19.1 Å². The summed E-state index contributed by atoms with van der Waals surface area (Å²) in [6, 6.07) is 20.1. The van der Waals surface area contributed by atoms with Crippen LogP contribution in [0.25, 0.3) is 10.8 Å². The van der Waals surface area contributed by atoms with Gasteiger partial charge in [0.25, 0.3) is 5.91 Å². The summed E-state index contributed by atoms with van der Waals surface area (Å²) >= 11 is 0. The number of fused-ring (bicyclic) bond motifs is 1. The predicted molar refractivity (Wildman–Crippen MR) is 105 cm³/mol. The van der Waals surface area contributed by atoms with Gasteiger partial charge in [-0.3, -0.25) is 4.79 Å². The first kappa shape index (κ1) is 18.5. The SMILES string of the molecule is CCOc1ccc(C(=O)O[C@H](C)C(=O)Nc2ccc3ccccc3c2)cc1. The topological polar surface area (TPSA) is 64.6 Å². The van der Waals surface area contributed by atoms with Gasteiger partial charge in [-0.05, 0) is 61.0 Å². The van der Waals surface area contributed by atoms with Crippen LogP contribution in [0.3, 0.4) is 0 Å². The monoisotopic (exact) mass is 363 g/mol. The number of nitrogens with one attached hydrogen (secondary N) is 1. The third-order valence-electron chi connectivity index (χ3n) is 4.07. The lowest BCUT2D eigenvalue weighted by Crippen LogP contribution is -2.30. The Balaban J connectivity index is 1.61. The van der Waals surface area contributed by atoms with Crippen LogP contribution in [0.5, 0.6) is 5.75 Å². The van der Waals surface area contributed by atoms with Gasteiger partial charge in [0.1, 0.15) is 5.75 Å². The van der Waals surface area contributed by atoms with Crippen LogP contribution in [0, 0.1) is 0 Å². The van der Waals surface area contributed by atoms with Crippen LogP contribution in [0.2, 0.25) is 0 Å². The maximum atomic E-state index is 12.3. The first-order valence-electron chi connectivity index (χ1n) is 8.80. The number of benzene rings is 3. The molecule has 5 heteroatoms. The fourth-order valence-electron chi connectivity index (χ4n) is 2.65. The van der Waals surface area contributed by atoms with Crippen LogP contribution in [0.15, 0.2) is 66.7 Å². The van der Waals surface area contributed by atoms with E-state index in [-0.39, 0.29) is 5.91 Å². The van der Waals surface area contributed by atoms with E-state index >= 15 is 0 Å². The molecule has 3 aromatic carbocycles. The highest BCUT2D eigenvalue weighted by atomic mass is 16.5. The highest BCUT2D eigenvalue weighted by Gasteiger charge is 2.19. The lowest BCUT2D eigenvalue weighted by atomic mass is 10.1. The Morgan fingerprint density at radius 3 is 2.37 bits per heavy atom. The van der Waals surface area contributed by atoms with E-state index in [1.54, 1.807) is 31.2 Å². The van der Waals surface area contributed by atoms with Crippen LogP contribution >= 0.6 is 0 Å². The Labute approximate surface area is 157 Å². The van der Waals surface area contributed by atoms with Gasteiger partial charge in [-0.25, -0.2) is 4.79 Å². The summed E-state index contributed by atoms with van der Waals surface area (Å²) in [5.41, 5.74) is 1.02. The van der Waals surface area contributed by atoms with E-state index in [0.717, 1.165) is 10.8 Å². The van der Waals surface area contributed by atoms with Gasteiger partial charge in [0.15, 0.2) is 6.10 Å². The molecule has 0 heterocycles. The minimum atomic E-state index is -0.921. The fourth-order valence-corrected chi connectivity index (χ4v) is 2.65. The highest BCUT2D eigenvalue weighted by molar-refractivity contribution is 5.98. The Morgan fingerprint density at radius 1 is 0.963 bits per heavy atom. The second kappa shape index (κ2) is 8.36. The molecule has 0 aliphatic heterocycles. The molecule has 0 bridgehead atoms. The normalized spacial score (nSPS) is 11.6. The minimum absolute atomic E-state index is 0.365. The zero-order valence-corrected chi connectivity index (χ0v) is 15.3. The molecular formula is C22H21NO4. The summed E-state index contributed by atoms with van der Waals surface area (Å²) in [5.74, 6) is -0.264. The number of hydrogen-bond donors (Lipinski definition) is 1. The molecule has 27 heavy (non-hydrogen) atoms. The summed E-state index contributed by atoms with van der Waals surface area (Å²) in [6.45, 7) is 3.98. The Kier molecular flexibility index (Phi) is 5.71. The summed E-state index contributed by atoms with van der Waals surface area (Å²) in [5, 5.41) is 4.89. The summed E-state index contributed by atoms with van der Waals surface area (Å²) in [6.07, 6.45) is -0.921. The number of carbonyl (C=O) groups is 2. The third kappa shape index (κ3) is 4.64. The number of anilines is 1. The third-order valence-corrected chi connectivity index (χ3v) is 4.07. The molecule has 5 nitrogen and oxygen atoms in total. The van der Waals surface area contributed by atoms with Gasteiger partial charge in [-0.1, -0.05) is 30.3 Å². The molecule has 1 N–H and O–H groups in total. The quantitative estimate of drug-likeness (QED) is 0.658. The van der Waals surface area contributed by atoms with Crippen molar-refractivity contribution >= 4 is 28.3 Å². The molecule has 0 aromatic heterocycles. The molecule has 0 saturated heterocycles. The zero-order chi connectivity index (χ0) is 19.2. The average Bonchev–Trinajstić information content (AvgIpc) is 2.68. The molecule has 0 radical (unpaired) electrons. The van der Waals surface area contributed by atoms with E-state index in [9.17, 15) is 9.59 Å². The van der Waals surface area contributed by atoms with Gasteiger partial charge >= 0.3 is 5.97 Å². The zero-order valence-electron chi connectivity index (χ0n) is 15.3. The van der Waals surface area contributed by atoms with Gasteiger partial charge in [-0.15, -0.1) is 0 Å². The lowest BCUT2D eigenvalue weighted by Gasteiger charge is -2.14. The molecule has 138 valence electrons. The Bertz CT molecular complexity index is 950. The van der Waals surface area contributed by atoms with E-state index in [1.165, 1.54) is 0 Å². The minimum Gasteiger partial charge on any atom is -0.494 e. The smallest absolute Gasteiger partial charge is 0.338 e. The maximum Gasteiger partial charge on any atom is 0.338 e. The molecular weight excluding hydrogens is 342 g/mol. The molecule has 3 rings (SSSR count). The van der Waals surface area contributed by atoms with Gasteiger partial charge < -0.3 is 14.8 Å². The molecule has 1 amide bonds. The van der Waals surface area contributed by atoms with Crippen LogP contribution in [-0.2, 0) is 9.53 Å². The fraction of sp³-hybridized carbons (Fsp3) is 0.182. The van der Waals surface area contributed by atoms with Crippen LogP contribution < -0.4 is 10.1 Å². The van der Waals surface area contributed by atoms with Gasteiger partial charge in [0.2, 0.25) is 0 Å². The van der Waals surface area contributed by atoms with E-state index in [1.807, 2.05) is 49.4 Å². The number of amides is 1. The molecule has 0 aliphatic rings. The van der Waals surface area contributed by atoms with Gasteiger partial charge in [0.05, 0.1) is 12.2 Å². The number of rotatable bonds is 6. The van der Waals surface area contributed by atoms with Crippen molar-refractivity contribution in [1.82, 2.24) is 0 Å². The average molecular weight is 363 g/mol. The Hall–Kier alpha value is -3.34. The standard InChI is InChI=1S/C22H21NO4/c1-3-26-20-12-9-17(10-13-20)22(25)27-15(2)21(24)23-19-11-8-16-6-4-5-7-18(16)14-19/h4-15H,3H2,1-2H3,(H,23,24)/t15-/m1/s1. The number of carbonyl (C=O) groups excluding carboxylic acids is 2. The molecule has 0 saturated carbocycles. The predicted octanol–water partition coefficient (Wildman–Crippen LogP) is 4.42. The molecule has 1 atom stereocenters. The van der Waals surface area contributed by atoms with E-state index in [2.05, 4.69) is 5.32 Å². The van der Waals surface area contributed by atoms with Crippen molar-refractivity contribution in [1.29, 1.82) is 0 Å². The van der Waals surface area contributed by atoms with Crippen molar-refractivity contribution in [2.45, 2.75) is 20.0 Å². The second-order valence-corrected chi connectivity index (χ2v) is 6.06. The first-order chi connectivity index (χ1) is 13.1. The molecule has 0 unspecified atom stereocenters. The Morgan fingerprint density at radius 2 is 1.67 bits per heavy atom. The van der Waals surface area contributed by atoms with Crippen molar-refractivity contribution in [2.75, 3.05) is 11.9 Å². The summed E-state index contributed by atoms with van der Waals surface area (Å²) in [4.78, 5) is 24.6. The summed E-state index contributed by atoms with van der Waals surface area (Å²) < 4.78 is 10.6. The largest absolute Gasteiger partial charge is 0.494 e. The van der Waals surface area contributed by atoms with Crippen molar-refractivity contribution in [2.24, 2.45) is 0 Å². The van der Waals surface area contributed by atoms with Crippen molar-refractivity contribution in [3.05, 3.63) is 72.3 Å². The number of ether oxygens (including phenoxy) is 2. The van der Waals surface area contributed by atoms with Gasteiger partial charge in [0, 0.05) is 5.69 Å². The first-order valence-corrected chi connectivity index (χ1v) is 8.80. The van der Waals surface area contributed by atoms with E-state index < -0.39 is 12.1 Å². The number of hydrogen-bond acceptors (Lipinski definition) is 4. The highest BCUT2D eigenvalue weighted by Crippen LogP contribution is 2.19. The molecule has 0 fully saturated rings. The maximum absolute atomic E-state index is 12.3. The van der Waals surface area contributed by atoms with Gasteiger partial charge in [-0.2, -0.15) is 0 Å². The van der Waals surface area contributed by atoms with Crippen LogP contribution in [-0.4, -0.2) is 24.6 Å². The summed E-state index contributed by atoms with van der Waals surface area (Å²) in [7, 11) is 0. The van der Waals surface area contributed by atoms with E-state index in [4.69, 9.17) is 9.47 Å². The van der Waals surface area contributed by atoms with Crippen LogP contribution in [0.1, 0.15) is 24.2 Å². The van der Waals surface area contributed by atoms with Crippen molar-refractivity contribution in [3.63, 3.8) is 0 Å². The van der Waals surface area contributed by atoms with Crippen molar-refractivity contribution in [3.8, 4) is 5.75 Å². The van der Waals surface area contributed by atoms with E-state index in [0.29, 0.717) is 23.6 Å². The molecule has 0 spiro atoms. The van der Waals surface area contributed by atoms with Crippen LogP contribution in [0.4, 0.5) is 5.69 Å². The molecule has 0 aliphatic carbocycles. The molecule has 3 aromatic rings. The number of esters is 1.